The Balaban J connectivity index is 0.00000169. The minimum atomic E-state index is -0.279. The predicted molar refractivity (Wildman–Crippen MR) is 159 cm³/mol. The summed E-state index contributed by atoms with van der Waals surface area (Å²) < 4.78 is 0. The summed E-state index contributed by atoms with van der Waals surface area (Å²) in [7, 11) is 0. The lowest BCUT2D eigenvalue weighted by molar-refractivity contribution is -0.133. The molecular weight excluding hydrogens is 566 g/mol. The summed E-state index contributed by atoms with van der Waals surface area (Å²) in [4.78, 5) is 31.3. The minimum Gasteiger partial charge on any atom is -0.353 e. The fraction of sp³-hybridized carbons (Fsp3) is 0.407. The summed E-state index contributed by atoms with van der Waals surface area (Å²) in [5.74, 6) is 1.41. The van der Waals surface area contributed by atoms with Gasteiger partial charge in [0.2, 0.25) is 5.91 Å². The average Bonchev–Trinajstić information content (AvgIpc) is 3.29. The maximum absolute atomic E-state index is 13.7. The maximum Gasteiger partial charge on any atom is 0.231 e. The molecule has 0 bridgehead atoms. The third kappa shape index (κ3) is 7.27. The summed E-state index contributed by atoms with van der Waals surface area (Å²) in [6, 6.07) is 11.6. The zero-order valence-corrected chi connectivity index (χ0v) is 24.5. The van der Waals surface area contributed by atoms with Crippen LogP contribution in [0.15, 0.2) is 55.1 Å². The van der Waals surface area contributed by atoms with Crippen LogP contribution in [0.4, 0.5) is 5.82 Å². The first-order chi connectivity index (χ1) is 17.1. The van der Waals surface area contributed by atoms with E-state index < -0.39 is 0 Å². The quantitative estimate of drug-likeness (QED) is 0.409. The molecule has 2 aromatic heterocycles. The molecule has 7 nitrogen and oxygen atoms in total. The second-order valence-corrected chi connectivity index (χ2v) is 9.84. The number of carbonyl (C=O) groups is 1. The summed E-state index contributed by atoms with van der Waals surface area (Å²) in [5.41, 5.74) is 4.55. The Bertz CT molecular complexity index is 1160. The monoisotopic (exact) mass is 598 g/mol. The van der Waals surface area contributed by atoms with Crippen molar-refractivity contribution in [1.82, 2.24) is 25.2 Å². The van der Waals surface area contributed by atoms with Gasteiger partial charge >= 0.3 is 0 Å². The minimum absolute atomic E-state index is 0. The van der Waals surface area contributed by atoms with Crippen molar-refractivity contribution in [2.24, 2.45) is 0 Å². The molecule has 1 aliphatic carbocycles. The number of fused-ring (bicyclic) bond motifs is 1. The molecule has 2 atom stereocenters. The van der Waals surface area contributed by atoms with Crippen molar-refractivity contribution in [2.75, 3.05) is 37.6 Å². The van der Waals surface area contributed by atoms with E-state index in [1.165, 1.54) is 11.3 Å². The van der Waals surface area contributed by atoms with Crippen molar-refractivity contribution < 1.29 is 4.79 Å². The van der Waals surface area contributed by atoms with Gasteiger partial charge in [0, 0.05) is 67.9 Å². The molecule has 11 heteroatoms. The van der Waals surface area contributed by atoms with Crippen LogP contribution < -0.4 is 10.2 Å². The number of nitrogens with zero attached hydrogens (tertiary/aromatic N) is 5. The highest BCUT2D eigenvalue weighted by Gasteiger charge is 2.32. The normalized spacial score (nSPS) is 16.9. The van der Waals surface area contributed by atoms with E-state index in [1.807, 2.05) is 47.5 Å². The molecule has 1 amide bonds. The number of nitrogens with one attached hydrogen (secondary N) is 1. The maximum atomic E-state index is 13.7. The summed E-state index contributed by atoms with van der Waals surface area (Å²) in [6.07, 6.45) is 7.46. The van der Waals surface area contributed by atoms with Gasteiger partial charge in [-0.05, 0) is 48.1 Å². The number of amides is 1. The molecule has 206 valence electrons. The molecule has 0 spiro atoms. The number of aryl methyl sites for hydroxylation is 1. The molecule has 2 aliphatic rings. The van der Waals surface area contributed by atoms with Crippen LogP contribution in [0, 0.1) is 0 Å². The van der Waals surface area contributed by atoms with Gasteiger partial charge in [-0.2, -0.15) is 0 Å². The van der Waals surface area contributed by atoms with E-state index >= 15 is 0 Å². The predicted octanol–water partition coefficient (Wildman–Crippen LogP) is 5.06. The highest BCUT2D eigenvalue weighted by Crippen LogP contribution is 2.37. The molecular formula is C27H34Cl4N6O. The number of piperazine rings is 1. The summed E-state index contributed by atoms with van der Waals surface area (Å²) in [5, 5.41) is 4.12. The van der Waals surface area contributed by atoms with E-state index in [0.717, 1.165) is 42.9 Å². The molecule has 1 aliphatic heterocycles. The second-order valence-electron chi connectivity index (χ2n) is 9.41. The molecule has 1 aromatic carbocycles. The van der Waals surface area contributed by atoms with E-state index in [9.17, 15) is 4.79 Å². The first-order valence-corrected chi connectivity index (χ1v) is 12.7. The van der Waals surface area contributed by atoms with Crippen LogP contribution in [0.1, 0.15) is 47.6 Å². The fourth-order valence-electron chi connectivity index (χ4n) is 5.14. The van der Waals surface area contributed by atoms with Crippen molar-refractivity contribution in [1.29, 1.82) is 0 Å². The molecule has 3 heterocycles. The van der Waals surface area contributed by atoms with Crippen molar-refractivity contribution in [3.05, 3.63) is 82.5 Å². The third-order valence-electron chi connectivity index (χ3n) is 7.11. The first kappa shape index (κ1) is 32.1. The van der Waals surface area contributed by atoms with Gasteiger partial charge in [0.25, 0.3) is 0 Å². The van der Waals surface area contributed by atoms with E-state index in [4.69, 9.17) is 11.6 Å². The number of aromatic nitrogens is 3. The van der Waals surface area contributed by atoms with Gasteiger partial charge in [-0.1, -0.05) is 36.7 Å². The lowest BCUT2D eigenvalue weighted by Crippen LogP contribution is -2.51. The highest BCUT2D eigenvalue weighted by atomic mass is 35.5. The number of rotatable bonds is 7. The van der Waals surface area contributed by atoms with Crippen LogP contribution in [0.3, 0.4) is 0 Å². The van der Waals surface area contributed by atoms with Gasteiger partial charge in [0.1, 0.15) is 12.1 Å². The Kier molecular flexibility index (Phi) is 12.5. The van der Waals surface area contributed by atoms with Gasteiger partial charge in [-0.3, -0.25) is 9.78 Å². The number of pyridine rings is 1. The van der Waals surface area contributed by atoms with Gasteiger partial charge < -0.3 is 15.1 Å². The van der Waals surface area contributed by atoms with Crippen LogP contribution in [-0.4, -0.2) is 58.5 Å². The number of benzene rings is 1. The molecule has 1 fully saturated rings. The smallest absolute Gasteiger partial charge is 0.231 e. The van der Waals surface area contributed by atoms with Crippen LogP contribution in [0.25, 0.3) is 0 Å². The molecule has 0 unspecified atom stereocenters. The lowest BCUT2D eigenvalue weighted by atomic mass is 9.96. The van der Waals surface area contributed by atoms with Gasteiger partial charge in [0.05, 0.1) is 5.92 Å². The van der Waals surface area contributed by atoms with Gasteiger partial charge in [-0.25, -0.2) is 9.97 Å². The van der Waals surface area contributed by atoms with Crippen LogP contribution in [-0.2, 0) is 17.8 Å². The van der Waals surface area contributed by atoms with Crippen molar-refractivity contribution in [2.45, 2.75) is 38.1 Å². The Morgan fingerprint density at radius 1 is 1.08 bits per heavy atom. The molecule has 0 radical (unpaired) electrons. The molecule has 0 saturated carbocycles. The van der Waals surface area contributed by atoms with Crippen LogP contribution in [0.5, 0.6) is 0 Å². The van der Waals surface area contributed by atoms with Crippen molar-refractivity contribution in [3.63, 3.8) is 0 Å². The average molecular weight is 600 g/mol. The SMILES string of the molecule is C[C@@H]1CCc2ncnc(N3CCN(C(=O)[C@@H](CNCc4cccnc4)c4ccc(Cl)cc4)CC3)c21.Cl.Cl.Cl. The Morgan fingerprint density at radius 2 is 1.82 bits per heavy atom. The van der Waals surface area contributed by atoms with Crippen molar-refractivity contribution in [3.8, 4) is 0 Å². The van der Waals surface area contributed by atoms with Gasteiger partial charge in [-0.15, -0.1) is 37.2 Å². The highest BCUT2D eigenvalue weighted by molar-refractivity contribution is 6.30. The zero-order chi connectivity index (χ0) is 24.2. The molecule has 1 N–H and O–H groups in total. The number of halogens is 4. The largest absolute Gasteiger partial charge is 0.353 e. The van der Waals surface area contributed by atoms with Crippen molar-refractivity contribution >= 4 is 60.5 Å². The second kappa shape index (κ2) is 14.8. The Labute approximate surface area is 248 Å². The number of carbonyl (C=O) groups excluding carboxylic acids is 1. The molecule has 1 saturated heterocycles. The van der Waals surface area contributed by atoms with E-state index in [0.29, 0.717) is 37.1 Å². The van der Waals surface area contributed by atoms with E-state index in [2.05, 4.69) is 32.1 Å². The zero-order valence-electron chi connectivity index (χ0n) is 21.3. The van der Waals surface area contributed by atoms with Crippen LogP contribution in [0.2, 0.25) is 5.02 Å². The van der Waals surface area contributed by atoms with E-state index in [1.54, 1.807) is 12.5 Å². The Hall–Kier alpha value is -2.16. The summed E-state index contributed by atoms with van der Waals surface area (Å²) >= 11 is 6.12. The Morgan fingerprint density at radius 3 is 2.50 bits per heavy atom. The van der Waals surface area contributed by atoms with E-state index in [-0.39, 0.29) is 49.0 Å². The fourth-order valence-corrected chi connectivity index (χ4v) is 5.27. The molecule has 3 aromatic rings. The van der Waals surface area contributed by atoms with Gasteiger partial charge in [0.15, 0.2) is 0 Å². The lowest BCUT2D eigenvalue weighted by Gasteiger charge is -2.38. The van der Waals surface area contributed by atoms with Crippen LogP contribution >= 0.6 is 48.8 Å². The number of hydrogen-bond donors (Lipinski definition) is 1. The third-order valence-corrected chi connectivity index (χ3v) is 7.37. The molecule has 5 rings (SSSR count). The standard InChI is InChI=1S/C27H31ClN6O.3ClH/c1-19-4-9-24-25(19)26(32-18-31-24)33-11-13-34(14-12-33)27(35)23(21-5-7-22(28)8-6-21)17-30-16-20-3-2-10-29-15-20;;;/h2-3,5-8,10,15,18-19,23,30H,4,9,11-14,16-17H2,1H3;3*1H/t19-,23+;;;/m1.../s1. The first-order valence-electron chi connectivity index (χ1n) is 12.3. The number of anilines is 1. The number of hydrogen-bond acceptors (Lipinski definition) is 6. The topological polar surface area (TPSA) is 74.2 Å². The summed E-state index contributed by atoms with van der Waals surface area (Å²) in [6.45, 7) is 6.38. The molecule has 38 heavy (non-hydrogen) atoms.